The van der Waals surface area contributed by atoms with E-state index in [9.17, 15) is 9.59 Å². The molecule has 0 radical (unpaired) electrons. The smallest absolute Gasteiger partial charge is 0.307 e. The first kappa shape index (κ1) is 16.6. The lowest BCUT2D eigenvalue weighted by Gasteiger charge is -2.16. The molecule has 0 aromatic heterocycles. The minimum atomic E-state index is -0.259. The summed E-state index contributed by atoms with van der Waals surface area (Å²) in [5.74, 6) is 0.538. The Bertz CT molecular complexity index is 422. The first-order valence-electron chi connectivity index (χ1n) is 6.71. The van der Waals surface area contributed by atoms with Gasteiger partial charge in [0.05, 0.1) is 13.0 Å². The molecule has 1 aromatic rings. The first-order chi connectivity index (χ1) is 9.63. The van der Waals surface area contributed by atoms with E-state index in [0.717, 1.165) is 10.6 Å². The lowest BCUT2D eigenvalue weighted by Crippen LogP contribution is -2.29. The highest BCUT2D eigenvalue weighted by atomic mass is 32.2. The van der Waals surface area contributed by atoms with Crippen molar-refractivity contribution in [2.75, 3.05) is 26.0 Å². The number of hydrogen-bond acceptors (Lipinski definition) is 4. The molecule has 0 bridgehead atoms. The van der Waals surface area contributed by atoms with Crippen LogP contribution in [0.4, 0.5) is 0 Å². The molecule has 0 aliphatic rings. The van der Waals surface area contributed by atoms with Gasteiger partial charge in [0.25, 0.3) is 0 Å². The number of thioether (sulfide) groups is 1. The second-order valence-electron chi connectivity index (χ2n) is 4.28. The molecule has 1 rings (SSSR count). The van der Waals surface area contributed by atoms with Gasteiger partial charge >= 0.3 is 5.97 Å². The number of carbonyl (C=O) groups is 2. The van der Waals surface area contributed by atoms with E-state index in [1.807, 2.05) is 30.3 Å². The Hall–Kier alpha value is -1.49. The average Bonchev–Trinajstić information content (AvgIpc) is 2.46. The molecule has 110 valence electrons. The van der Waals surface area contributed by atoms with Crippen molar-refractivity contribution in [3.05, 3.63) is 30.3 Å². The van der Waals surface area contributed by atoms with E-state index >= 15 is 0 Å². The number of rotatable bonds is 8. The van der Waals surface area contributed by atoms with Crippen LogP contribution in [0.3, 0.4) is 0 Å². The first-order valence-corrected chi connectivity index (χ1v) is 7.69. The van der Waals surface area contributed by atoms with Gasteiger partial charge in [0.1, 0.15) is 0 Å². The van der Waals surface area contributed by atoms with E-state index in [4.69, 9.17) is 4.74 Å². The van der Waals surface area contributed by atoms with Gasteiger partial charge in [0.2, 0.25) is 5.91 Å². The van der Waals surface area contributed by atoms with Crippen molar-refractivity contribution in [3.8, 4) is 0 Å². The molecule has 0 heterocycles. The Morgan fingerprint density at radius 2 is 1.90 bits per heavy atom. The summed E-state index contributed by atoms with van der Waals surface area (Å²) in [6, 6.07) is 9.99. The topological polar surface area (TPSA) is 46.6 Å². The maximum Gasteiger partial charge on any atom is 0.307 e. The average molecular weight is 295 g/mol. The number of hydrogen-bond donors (Lipinski definition) is 0. The normalized spacial score (nSPS) is 10.1. The van der Waals surface area contributed by atoms with Gasteiger partial charge in [-0.3, -0.25) is 9.59 Å². The van der Waals surface area contributed by atoms with Gasteiger partial charge in [-0.2, -0.15) is 0 Å². The summed E-state index contributed by atoms with van der Waals surface area (Å²) in [6.07, 6.45) is 0.723. The van der Waals surface area contributed by atoms with E-state index in [1.165, 1.54) is 0 Å². The molecule has 0 fully saturated rings. The Morgan fingerprint density at radius 1 is 1.20 bits per heavy atom. The van der Waals surface area contributed by atoms with E-state index < -0.39 is 0 Å². The SMILES string of the molecule is CCOC(=O)CCN(C)C(=O)CCSc1ccccc1. The summed E-state index contributed by atoms with van der Waals surface area (Å²) >= 11 is 1.66. The predicted octanol–water partition coefficient (Wildman–Crippen LogP) is 2.58. The van der Waals surface area contributed by atoms with E-state index in [2.05, 4.69) is 0 Å². The largest absolute Gasteiger partial charge is 0.466 e. The van der Waals surface area contributed by atoms with Crippen LogP contribution < -0.4 is 0 Å². The highest BCUT2D eigenvalue weighted by Gasteiger charge is 2.11. The third kappa shape index (κ3) is 6.61. The van der Waals surface area contributed by atoms with Crippen molar-refractivity contribution < 1.29 is 14.3 Å². The molecular weight excluding hydrogens is 274 g/mol. The van der Waals surface area contributed by atoms with Gasteiger partial charge in [-0.05, 0) is 19.1 Å². The fourth-order valence-corrected chi connectivity index (χ4v) is 2.44. The summed E-state index contributed by atoms with van der Waals surface area (Å²) in [5, 5.41) is 0. The van der Waals surface area contributed by atoms with Crippen LogP contribution in [0.5, 0.6) is 0 Å². The van der Waals surface area contributed by atoms with Crippen LogP contribution in [0, 0.1) is 0 Å². The molecule has 20 heavy (non-hydrogen) atoms. The minimum absolute atomic E-state index is 0.0535. The van der Waals surface area contributed by atoms with Crippen molar-refractivity contribution in [1.82, 2.24) is 4.90 Å². The molecule has 0 saturated carbocycles. The molecule has 0 N–H and O–H groups in total. The van der Waals surface area contributed by atoms with Crippen molar-refractivity contribution >= 4 is 23.6 Å². The number of carbonyl (C=O) groups excluding carboxylic acids is 2. The third-order valence-corrected chi connectivity index (χ3v) is 3.72. The summed E-state index contributed by atoms with van der Waals surface area (Å²) in [4.78, 5) is 25.8. The van der Waals surface area contributed by atoms with Gasteiger partial charge in [0, 0.05) is 30.7 Å². The number of nitrogens with zero attached hydrogens (tertiary/aromatic N) is 1. The minimum Gasteiger partial charge on any atom is -0.466 e. The molecule has 1 aromatic carbocycles. The molecular formula is C15H21NO3S. The summed E-state index contributed by atoms with van der Waals surface area (Å²) < 4.78 is 4.83. The number of amides is 1. The Labute approximate surface area is 124 Å². The number of esters is 1. The fourth-order valence-electron chi connectivity index (χ4n) is 1.58. The van der Waals surface area contributed by atoms with Crippen molar-refractivity contribution in [2.24, 2.45) is 0 Å². The van der Waals surface area contributed by atoms with Crippen LogP contribution in [0.2, 0.25) is 0 Å². The Balaban J connectivity index is 2.20. The third-order valence-electron chi connectivity index (χ3n) is 2.71. The molecule has 1 amide bonds. The number of ether oxygens (including phenoxy) is 1. The molecule has 4 nitrogen and oxygen atoms in total. The van der Waals surface area contributed by atoms with E-state index in [0.29, 0.717) is 19.6 Å². The van der Waals surface area contributed by atoms with Crippen molar-refractivity contribution in [2.45, 2.75) is 24.7 Å². The second-order valence-corrected chi connectivity index (χ2v) is 5.45. The molecule has 0 aliphatic carbocycles. The van der Waals surface area contributed by atoms with Crippen LogP contribution in [-0.2, 0) is 14.3 Å². The second kappa shape index (κ2) is 9.42. The Kier molecular flexibility index (Phi) is 7.80. The van der Waals surface area contributed by atoms with Gasteiger partial charge in [-0.25, -0.2) is 0 Å². The zero-order valence-electron chi connectivity index (χ0n) is 12.0. The van der Waals surface area contributed by atoms with Crippen LogP contribution in [0.1, 0.15) is 19.8 Å². The zero-order valence-corrected chi connectivity index (χ0v) is 12.8. The Morgan fingerprint density at radius 3 is 2.55 bits per heavy atom. The highest BCUT2D eigenvalue weighted by Crippen LogP contribution is 2.17. The molecule has 5 heteroatoms. The quantitative estimate of drug-likeness (QED) is 0.546. The summed E-state index contributed by atoms with van der Waals surface area (Å²) in [6.45, 7) is 2.56. The van der Waals surface area contributed by atoms with E-state index in [1.54, 1.807) is 30.6 Å². The maximum absolute atomic E-state index is 11.9. The lowest BCUT2D eigenvalue weighted by molar-refractivity contribution is -0.143. The number of benzene rings is 1. The fraction of sp³-hybridized carbons (Fsp3) is 0.467. The van der Waals surface area contributed by atoms with Gasteiger partial charge in [-0.15, -0.1) is 11.8 Å². The summed E-state index contributed by atoms with van der Waals surface area (Å²) in [7, 11) is 1.72. The van der Waals surface area contributed by atoms with Crippen LogP contribution in [0.25, 0.3) is 0 Å². The predicted molar refractivity (Wildman–Crippen MR) is 80.7 cm³/mol. The molecule has 0 unspecified atom stereocenters. The molecule has 0 saturated heterocycles. The van der Waals surface area contributed by atoms with Crippen LogP contribution in [0.15, 0.2) is 35.2 Å². The standard InChI is InChI=1S/C15H21NO3S/c1-3-19-15(18)9-11-16(2)14(17)10-12-20-13-7-5-4-6-8-13/h4-8H,3,9-12H2,1-2H3. The van der Waals surface area contributed by atoms with Gasteiger partial charge in [-0.1, -0.05) is 18.2 Å². The lowest BCUT2D eigenvalue weighted by atomic mass is 10.3. The van der Waals surface area contributed by atoms with Crippen molar-refractivity contribution in [3.63, 3.8) is 0 Å². The van der Waals surface area contributed by atoms with Crippen LogP contribution in [-0.4, -0.2) is 42.7 Å². The highest BCUT2D eigenvalue weighted by molar-refractivity contribution is 7.99. The monoisotopic (exact) mass is 295 g/mol. The van der Waals surface area contributed by atoms with E-state index in [-0.39, 0.29) is 18.3 Å². The zero-order chi connectivity index (χ0) is 14.8. The summed E-state index contributed by atoms with van der Waals surface area (Å²) in [5.41, 5.74) is 0. The molecule has 0 spiro atoms. The molecule has 0 aliphatic heterocycles. The molecule has 0 atom stereocenters. The van der Waals surface area contributed by atoms with Crippen LogP contribution >= 0.6 is 11.8 Å². The van der Waals surface area contributed by atoms with Crippen molar-refractivity contribution in [1.29, 1.82) is 0 Å². The maximum atomic E-state index is 11.9. The van der Waals surface area contributed by atoms with Gasteiger partial charge < -0.3 is 9.64 Å². The van der Waals surface area contributed by atoms with Gasteiger partial charge in [0.15, 0.2) is 0 Å².